The van der Waals surface area contributed by atoms with Crippen LogP contribution in [0.2, 0.25) is 0 Å². The first-order chi connectivity index (χ1) is 23.6. The van der Waals surface area contributed by atoms with Crippen molar-refractivity contribution >= 4 is 40.9 Å². The first-order valence-corrected chi connectivity index (χ1v) is 15.2. The Kier molecular flexibility index (Phi) is 8.27. The summed E-state index contributed by atoms with van der Waals surface area (Å²) in [6.45, 7) is 3.60. The molecule has 4 heterocycles. The van der Waals surface area contributed by atoms with Crippen LogP contribution in [0.4, 0.5) is 24.5 Å². The minimum Gasteiger partial charge on any atom is -0.369 e. The van der Waals surface area contributed by atoms with Gasteiger partial charge in [0.1, 0.15) is 11.6 Å². The molecule has 6 rings (SSSR count). The van der Waals surface area contributed by atoms with Crippen LogP contribution >= 0.6 is 0 Å². The molecule has 254 valence electrons. The number of carbonyl (C=O) groups is 5. The molecule has 3 aliphatic rings. The highest BCUT2D eigenvalue weighted by molar-refractivity contribution is 6.23. The number of imide groups is 2. The second-order valence-electron chi connectivity index (χ2n) is 12.4. The topological polar surface area (TPSA) is 175 Å². The summed E-state index contributed by atoms with van der Waals surface area (Å²) in [6.07, 6.45) is -3.49. The summed E-state index contributed by atoms with van der Waals surface area (Å²) in [5, 5.41) is 17.5. The number of hydrogen-bond acceptors (Lipinski definition) is 9. The Balaban J connectivity index is 1.13. The zero-order valence-corrected chi connectivity index (χ0v) is 26.4. The third kappa shape index (κ3) is 5.96. The number of nitrogens with zero attached hydrogens (tertiary/aromatic N) is 5. The van der Waals surface area contributed by atoms with E-state index in [4.69, 9.17) is 5.26 Å². The fraction of sp³-hybridized carbons (Fsp3) is 0.294. The van der Waals surface area contributed by atoms with Gasteiger partial charge >= 0.3 is 6.18 Å². The summed E-state index contributed by atoms with van der Waals surface area (Å²) in [6, 6.07) is 9.28. The van der Waals surface area contributed by atoms with Crippen molar-refractivity contribution in [2.75, 3.05) is 23.3 Å². The maximum absolute atomic E-state index is 13.4. The van der Waals surface area contributed by atoms with Crippen LogP contribution in [-0.4, -0.2) is 63.3 Å². The van der Waals surface area contributed by atoms with Crippen molar-refractivity contribution in [2.45, 2.75) is 44.4 Å². The predicted octanol–water partition coefficient (Wildman–Crippen LogP) is 2.40. The van der Waals surface area contributed by atoms with E-state index in [2.05, 4.69) is 27.6 Å². The summed E-state index contributed by atoms with van der Waals surface area (Å²) in [7, 11) is 0. The second kappa shape index (κ2) is 12.3. The molecule has 5 amide bonds. The fourth-order valence-electron chi connectivity index (χ4n) is 5.86. The second-order valence-corrected chi connectivity index (χ2v) is 12.4. The molecule has 3 aliphatic heterocycles. The number of nitrogens with one attached hydrogen (secondary N) is 2. The van der Waals surface area contributed by atoms with Gasteiger partial charge in [-0.3, -0.25) is 39.0 Å². The van der Waals surface area contributed by atoms with E-state index < -0.39 is 64.0 Å². The Labute approximate surface area is 281 Å². The Morgan fingerprint density at radius 1 is 0.980 bits per heavy atom. The van der Waals surface area contributed by atoms with Gasteiger partial charge in [-0.2, -0.15) is 23.5 Å². The lowest BCUT2D eigenvalue weighted by atomic mass is 9.98. The molecule has 2 fully saturated rings. The first-order valence-electron chi connectivity index (χ1n) is 15.2. The van der Waals surface area contributed by atoms with Gasteiger partial charge in [0.25, 0.3) is 23.3 Å². The van der Waals surface area contributed by atoms with Gasteiger partial charge in [-0.15, -0.1) is 0 Å². The van der Waals surface area contributed by atoms with Gasteiger partial charge in [-0.1, -0.05) is 11.8 Å². The van der Waals surface area contributed by atoms with Gasteiger partial charge in [0, 0.05) is 37.1 Å². The molecule has 2 N–H and O–H groups in total. The fourth-order valence-corrected chi connectivity index (χ4v) is 5.86. The number of anilines is 2. The number of hydrogen-bond donors (Lipinski definition) is 2. The van der Waals surface area contributed by atoms with Crippen LogP contribution in [0.5, 0.6) is 0 Å². The summed E-state index contributed by atoms with van der Waals surface area (Å²) >= 11 is 0. The molecule has 0 radical (unpaired) electrons. The third-order valence-electron chi connectivity index (χ3n) is 8.72. The van der Waals surface area contributed by atoms with Crippen molar-refractivity contribution in [1.82, 2.24) is 20.0 Å². The summed E-state index contributed by atoms with van der Waals surface area (Å²) in [5.74, 6) is 2.44. The number of nitriles is 1. The summed E-state index contributed by atoms with van der Waals surface area (Å²) in [4.78, 5) is 79.3. The van der Waals surface area contributed by atoms with E-state index in [0.717, 1.165) is 21.7 Å². The van der Waals surface area contributed by atoms with Gasteiger partial charge < -0.3 is 10.2 Å². The van der Waals surface area contributed by atoms with Crippen molar-refractivity contribution in [3.63, 3.8) is 0 Å². The van der Waals surface area contributed by atoms with Crippen molar-refractivity contribution in [3.8, 4) is 17.9 Å². The molecule has 1 aromatic heterocycles. The van der Waals surface area contributed by atoms with Crippen LogP contribution in [0.15, 0.2) is 53.5 Å². The number of carbonyl (C=O) groups excluding carboxylic acids is 5. The molecule has 3 aromatic rings. The molecule has 2 saturated heterocycles. The van der Waals surface area contributed by atoms with Gasteiger partial charge in [0.05, 0.1) is 39.8 Å². The molecule has 0 aliphatic carbocycles. The van der Waals surface area contributed by atoms with Crippen LogP contribution in [0.1, 0.15) is 64.1 Å². The van der Waals surface area contributed by atoms with Gasteiger partial charge in [0.15, 0.2) is 0 Å². The van der Waals surface area contributed by atoms with Crippen LogP contribution in [0, 0.1) is 29.1 Å². The van der Waals surface area contributed by atoms with Crippen LogP contribution in [0.25, 0.3) is 0 Å². The molecule has 0 saturated carbocycles. The minimum absolute atomic E-state index is 0.0145. The van der Waals surface area contributed by atoms with E-state index in [1.54, 1.807) is 12.1 Å². The van der Waals surface area contributed by atoms with Gasteiger partial charge in [0.2, 0.25) is 11.8 Å². The van der Waals surface area contributed by atoms with E-state index in [1.807, 2.05) is 4.90 Å². The third-order valence-corrected chi connectivity index (χ3v) is 8.72. The van der Waals surface area contributed by atoms with Crippen LogP contribution in [0.3, 0.4) is 0 Å². The molecule has 16 heteroatoms. The summed E-state index contributed by atoms with van der Waals surface area (Å²) < 4.78 is 41.1. The molecule has 0 bridgehead atoms. The molecule has 50 heavy (non-hydrogen) atoms. The summed E-state index contributed by atoms with van der Waals surface area (Å²) in [5.41, 5.74) is -3.41. The number of amides is 5. The monoisotopic (exact) mass is 685 g/mol. The average molecular weight is 686 g/mol. The van der Waals surface area contributed by atoms with Crippen molar-refractivity contribution in [2.24, 2.45) is 5.92 Å². The van der Waals surface area contributed by atoms with E-state index >= 15 is 0 Å². The van der Waals surface area contributed by atoms with Gasteiger partial charge in [-0.05, 0) is 62.7 Å². The molecule has 1 unspecified atom stereocenters. The highest BCUT2D eigenvalue weighted by atomic mass is 19.4. The standard InChI is InChI=1S/C34H26F3N7O6/c1-33(2,32(50)40-21-6-5-20(15-38)25(13-21)34(35,36)37)44-29(47)19(11-12-39-44)4-3-18-16-42(17-18)22-7-8-23-24(14-22)31(49)43(30(23)48)26-9-10-27(45)41-28(26)46/h5-8,11-14,18,26H,9-10,16-17H2,1-2H3,(H,40,50)(H,41,45,46). The van der Waals surface area contributed by atoms with Crippen LogP contribution < -0.4 is 21.1 Å². The maximum Gasteiger partial charge on any atom is 0.417 e. The Bertz CT molecular complexity index is 2170. The average Bonchev–Trinajstić information content (AvgIpc) is 3.28. The van der Waals surface area contributed by atoms with E-state index in [-0.39, 0.29) is 41.1 Å². The quantitative estimate of drug-likeness (QED) is 0.302. The lowest BCUT2D eigenvalue weighted by Crippen LogP contribution is -2.54. The normalized spacial score (nSPS) is 17.7. The number of rotatable bonds is 5. The molecule has 13 nitrogen and oxygen atoms in total. The Morgan fingerprint density at radius 2 is 1.70 bits per heavy atom. The number of fused-ring (bicyclic) bond motifs is 1. The zero-order chi connectivity index (χ0) is 36.1. The molecular formula is C34H26F3N7O6. The number of piperidine rings is 1. The zero-order valence-electron chi connectivity index (χ0n) is 26.4. The van der Waals surface area contributed by atoms with Crippen LogP contribution in [-0.2, 0) is 26.1 Å². The highest BCUT2D eigenvalue weighted by Crippen LogP contribution is 2.35. The predicted molar refractivity (Wildman–Crippen MR) is 168 cm³/mol. The molecule has 2 aromatic carbocycles. The lowest BCUT2D eigenvalue weighted by molar-refractivity contribution is -0.138. The van der Waals surface area contributed by atoms with E-state index in [0.29, 0.717) is 24.8 Å². The SMILES string of the molecule is CC(C)(C(=O)Nc1ccc(C#N)c(C(F)(F)F)c1)n1nccc(C#CC2CN(c3ccc4c(c3)C(=O)N(C3CCC(=O)NC3=O)C4=O)C2)c1=O. The highest BCUT2D eigenvalue weighted by Gasteiger charge is 2.45. The van der Waals surface area contributed by atoms with Crippen molar-refractivity contribution < 1.29 is 37.1 Å². The number of benzene rings is 2. The van der Waals surface area contributed by atoms with Gasteiger partial charge in [-0.25, -0.2) is 4.68 Å². The molecular weight excluding hydrogens is 659 g/mol. The largest absolute Gasteiger partial charge is 0.417 e. The van der Waals surface area contributed by atoms with Crippen molar-refractivity contribution in [1.29, 1.82) is 5.26 Å². The number of aromatic nitrogens is 2. The maximum atomic E-state index is 13.4. The first kappa shape index (κ1) is 33.6. The number of alkyl halides is 3. The smallest absolute Gasteiger partial charge is 0.369 e. The molecule has 0 spiro atoms. The Hall–Kier alpha value is -6.29. The molecule has 1 atom stereocenters. The lowest BCUT2D eigenvalue weighted by Gasteiger charge is -2.38. The van der Waals surface area contributed by atoms with E-state index in [1.165, 1.54) is 38.2 Å². The number of halogens is 3. The van der Waals surface area contributed by atoms with Crippen molar-refractivity contribution in [3.05, 3.63) is 86.8 Å². The Morgan fingerprint density at radius 3 is 2.38 bits per heavy atom. The van der Waals surface area contributed by atoms with E-state index in [9.17, 15) is 41.9 Å². The minimum atomic E-state index is -4.83.